The number of para-hydroxylation sites is 1. The van der Waals surface area contributed by atoms with E-state index in [1.54, 1.807) is 55.8 Å². The Morgan fingerprint density at radius 2 is 1.73 bits per heavy atom. The molecule has 4 aromatic carbocycles. The predicted molar refractivity (Wildman–Crippen MR) is 158 cm³/mol. The summed E-state index contributed by atoms with van der Waals surface area (Å²) in [5.41, 5.74) is 5.37. The monoisotopic (exact) mass is 550 g/mol. The number of amides is 1. The van der Waals surface area contributed by atoms with Gasteiger partial charge in [0.25, 0.3) is 11.5 Å². The van der Waals surface area contributed by atoms with Crippen LogP contribution in [0.4, 0.5) is 0 Å². The summed E-state index contributed by atoms with van der Waals surface area (Å²) in [6, 6.07) is 31.6. The SMILES string of the molecule is COc1ccc(-n2c(SCC(=O)NN=Cc3cccc(OCc4ccccc4)c3)nc3ccccc3c2=O)cc1. The fourth-order valence-corrected chi connectivity index (χ4v) is 4.74. The molecule has 1 aromatic heterocycles. The molecule has 1 amide bonds. The quantitative estimate of drug-likeness (QED) is 0.111. The van der Waals surface area contributed by atoms with Gasteiger partial charge in [-0.05, 0) is 59.7 Å². The second-order valence-electron chi connectivity index (χ2n) is 8.68. The van der Waals surface area contributed by atoms with E-state index in [0.717, 1.165) is 22.9 Å². The second kappa shape index (κ2) is 12.8. The maximum atomic E-state index is 13.4. The Hall–Kier alpha value is -4.89. The van der Waals surface area contributed by atoms with Crippen LogP contribution in [-0.2, 0) is 11.4 Å². The van der Waals surface area contributed by atoms with Gasteiger partial charge in [-0.3, -0.25) is 14.2 Å². The molecule has 5 aromatic rings. The van der Waals surface area contributed by atoms with Crippen LogP contribution in [0.3, 0.4) is 0 Å². The summed E-state index contributed by atoms with van der Waals surface area (Å²) in [6.45, 7) is 0.458. The third kappa shape index (κ3) is 6.57. The molecule has 0 spiro atoms. The van der Waals surface area contributed by atoms with Gasteiger partial charge in [-0.1, -0.05) is 66.4 Å². The molecule has 0 saturated heterocycles. The van der Waals surface area contributed by atoms with Crippen molar-refractivity contribution in [3.8, 4) is 17.2 Å². The van der Waals surface area contributed by atoms with Crippen molar-refractivity contribution in [1.29, 1.82) is 0 Å². The third-order valence-electron chi connectivity index (χ3n) is 5.92. The van der Waals surface area contributed by atoms with E-state index in [1.165, 1.54) is 4.57 Å². The molecule has 0 bridgehead atoms. The maximum absolute atomic E-state index is 13.4. The van der Waals surface area contributed by atoms with E-state index in [9.17, 15) is 9.59 Å². The number of hydrogen-bond acceptors (Lipinski definition) is 7. The van der Waals surface area contributed by atoms with Gasteiger partial charge < -0.3 is 9.47 Å². The van der Waals surface area contributed by atoms with Crippen LogP contribution in [0.1, 0.15) is 11.1 Å². The largest absolute Gasteiger partial charge is 0.497 e. The van der Waals surface area contributed by atoms with Crippen LogP contribution in [0.2, 0.25) is 0 Å². The number of carbonyl (C=O) groups excluding carboxylic acids is 1. The van der Waals surface area contributed by atoms with Crippen molar-refractivity contribution in [1.82, 2.24) is 15.0 Å². The minimum absolute atomic E-state index is 0.0124. The number of nitrogens with one attached hydrogen (secondary N) is 1. The molecule has 0 saturated carbocycles. The van der Waals surface area contributed by atoms with Crippen LogP contribution in [0, 0.1) is 0 Å². The summed E-state index contributed by atoms with van der Waals surface area (Å²) in [7, 11) is 1.58. The van der Waals surface area contributed by atoms with Gasteiger partial charge in [0.15, 0.2) is 5.16 Å². The average molecular weight is 551 g/mol. The van der Waals surface area contributed by atoms with E-state index < -0.39 is 0 Å². The maximum Gasteiger partial charge on any atom is 0.266 e. The highest BCUT2D eigenvalue weighted by Gasteiger charge is 2.15. The molecular formula is C31H26N4O4S. The Kier molecular flexibility index (Phi) is 8.53. The molecule has 9 heteroatoms. The van der Waals surface area contributed by atoms with E-state index in [0.29, 0.717) is 39.9 Å². The lowest BCUT2D eigenvalue weighted by molar-refractivity contribution is -0.118. The van der Waals surface area contributed by atoms with Crippen molar-refractivity contribution < 1.29 is 14.3 Å². The number of carbonyl (C=O) groups is 1. The number of nitrogens with zero attached hydrogens (tertiary/aromatic N) is 3. The van der Waals surface area contributed by atoms with Crippen LogP contribution < -0.4 is 20.5 Å². The lowest BCUT2D eigenvalue weighted by atomic mass is 10.2. The average Bonchev–Trinajstić information content (AvgIpc) is 3.00. The minimum atomic E-state index is -0.332. The van der Waals surface area contributed by atoms with Gasteiger partial charge >= 0.3 is 0 Å². The fourth-order valence-electron chi connectivity index (χ4n) is 3.93. The zero-order chi connectivity index (χ0) is 27.7. The van der Waals surface area contributed by atoms with Crippen LogP contribution in [-0.4, -0.2) is 34.5 Å². The topological polar surface area (TPSA) is 94.8 Å². The molecule has 8 nitrogen and oxygen atoms in total. The number of fused-ring (bicyclic) bond motifs is 1. The molecule has 1 heterocycles. The molecular weight excluding hydrogens is 524 g/mol. The molecule has 200 valence electrons. The number of aromatic nitrogens is 2. The van der Waals surface area contributed by atoms with Crippen molar-refractivity contribution in [2.45, 2.75) is 11.8 Å². The van der Waals surface area contributed by atoms with Gasteiger partial charge in [-0.15, -0.1) is 0 Å². The fraction of sp³-hybridized carbons (Fsp3) is 0.0968. The zero-order valence-electron chi connectivity index (χ0n) is 21.7. The van der Waals surface area contributed by atoms with Crippen LogP contribution in [0.15, 0.2) is 118 Å². The van der Waals surface area contributed by atoms with Crippen molar-refractivity contribution in [2.75, 3.05) is 12.9 Å². The molecule has 0 unspecified atom stereocenters. The number of thioether (sulfide) groups is 1. The molecule has 40 heavy (non-hydrogen) atoms. The van der Waals surface area contributed by atoms with Crippen molar-refractivity contribution in [3.63, 3.8) is 0 Å². The van der Waals surface area contributed by atoms with E-state index >= 15 is 0 Å². The Morgan fingerprint density at radius 3 is 2.52 bits per heavy atom. The summed E-state index contributed by atoms with van der Waals surface area (Å²) in [4.78, 5) is 30.7. The first-order chi connectivity index (χ1) is 19.6. The van der Waals surface area contributed by atoms with Crippen LogP contribution >= 0.6 is 11.8 Å². The lowest BCUT2D eigenvalue weighted by Crippen LogP contribution is -2.24. The molecule has 1 N–H and O–H groups in total. The first-order valence-corrected chi connectivity index (χ1v) is 13.5. The molecule has 5 rings (SSSR count). The molecule has 0 atom stereocenters. The highest BCUT2D eigenvalue weighted by atomic mass is 32.2. The Bertz CT molecular complexity index is 1700. The van der Waals surface area contributed by atoms with Gasteiger partial charge in [0.2, 0.25) is 0 Å². The van der Waals surface area contributed by atoms with Gasteiger partial charge in [0, 0.05) is 0 Å². The summed E-state index contributed by atoms with van der Waals surface area (Å²) in [6.07, 6.45) is 1.56. The number of hydrogen-bond donors (Lipinski definition) is 1. The summed E-state index contributed by atoms with van der Waals surface area (Å²) in [5.74, 6) is 1.05. The first kappa shape index (κ1) is 26.7. The molecule has 0 fully saturated rings. The lowest BCUT2D eigenvalue weighted by Gasteiger charge is -2.13. The van der Waals surface area contributed by atoms with Crippen LogP contribution in [0.25, 0.3) is 16.6 Å². The highest BCUT2D eigenvalue weighted by molar-refractivity contribution is 7.99. The number of methoxy groups -OCH3 is 1. The van der Waals surface area contributed by atoms with E-state index in [1.807, 2.05) is 60.7 Å². The molecule has 0 aliphatic carbocycles. The Morgan fingerprint density at radius 1 is 0.950 bits per heavy atom. The summed E-state index contributed by atoms with van der Waals surface area (Å²) < 4.78 is 12.6. The van der Waals surface area contributed by atoms with Crippen molar-refractivity contribution in [2.24, 2.45) is 5.10 Å². The van der Waals surface area contributed by atoms with Crippen molar-refractivity contribution in [3.05, 3.63) is 125 Å². The standard InChI is InChI=1S/C31H26N4O4S/c1-38-25-16-14-24(15-17-25)35-30(37)27-12-5-6-13-28(27)33-31(35)40-21-29(36)34-32-19-23-10-7-11-26(18-23)39-20-22-8-3-2-4-9-22/h2-19H,20-21H2,1H3,(H,34,36). The second-order valence-corrected chi connectivity index (χ2v) is 9.62. The molecule has 0 aliphatic rings. The minimum Gasteiger partial charge on any atom is -0.497 e. The highest BCUT2D eigenvalue weighted by Crippen LogP contribution is 2.23. The number of rotatable bonds is 10. The predicted octanol–water partition coefficient (Wildman–Crippen LogP) is 5.22. The molecule has 0 radical (unpaired) electrons. The third-order valence-corrected chi connectivity index (χ3v) is 6.86. The van der Waals surface area contributed by atoms with Gasteiger partial charge in [-0.25, -0.2) is 10.4 Å². The van der Waals surface area contributed by atoms with E-state index in [4.69, 9.17) is 9.47 Å². The number of hydrazone groups is 1. The van der Waals surface area contributed by atoms with Gasteiger partial charge in [0.05, 0.1) is 35.7 Å². The van der Waals surface area contributed by atoms with E-state index in [2.05, 4.69) is 15.5 Å². The number of benzene rings is 4. The Labute approximate surface area is 235 Å². The Balaban J connectivity index is 1.25. The summed E-state index contributed by atoms with van der Waals surface area (Å²) in [5, 5.41) is 4.98. The normalized spacial score (nSPS) is 11.0. The van der Waals surface area contributed by atoms with Crippen LogP contribution in [0.5, 0.6) is 11.5 Å². The molecule has 0 aliphatic heterocycles. The smallest absolute Gasteiger partial charge is 0.266 e. The van der Waals surface area contributed by atoms with Gasteiger partial charge in [0.1, 0.15) is 18.1 Å². The van der Waals surface area contributed by atoms with Crippen molar-refractivity contribution >= 4 is 34.8 Å². The van der Waals surface area contributed by atoms with Gasteiger partial charge in [-0.2, -0.15) is 5.10 Å². The zero-order valence-corrected chi connectivity index (χ0v) is 22.5. The number of ether oxygens (including phenoxy) is 2. The summed E-state index contributed by atoms with van der Waals surface area (Å²) >= 11 is 1.16. The van der Waals surface area contributed by atoms with E-state index in [-0.39, 0.29) is 17.2 Å². The first-order valence-electron chi connectivity index (χ1n) is 12.5.